The Kier molecular flexibility index (Phi) is 5.30. The fourth-order valence-corrected chi connectivity index (χ4v) is 2.84. The van der Waals surface area contributed by atoms with Crippen LogP contribution in [0.2, 0.25) is 0 Å². The van der Waals surface area contributed by atoms with Crippen LogP contribution in [0.15, 0.2) is 53.4 Å². The monoisotopic (exact) mass is 338 g/mol. The van der Waals surface area contributed by atoms with E-state index in [2.05, 4.69) is 10.0 Å². The van der Waals surface area contributed by atoms with Crippen LogP contribution < -0.4 is 10.0 Å². The zero-order valence-corrected chi connectivity index (χ0v) is 12.8. The summed E-state index contributed by atoms with van der Waals surface area (Å²) in [6.45, 7) is -0.107. The summed E-state index contributed by atoms with van der Waals surface area (Å²) < 4.78 is 38.9. The summed E-state index contributed by atoms with van der Waals surface area (Å²) in [6, 6.07) is 10.4. The molecular weight excluding hydrogens is 323 g/mol. The molecule has 2 aromatic carbocycles. The molecule has 0 heterocycles. The molecule has 23 heavy (non-hydrogen) atoms. The topological polar surface area (TPSA) is 95.5 Å². The summed E-state index contributed by atoms with van der Waals surface area (Å²) in [5.74, 6) is -0.924. The largest absolute Gasteiger partial charge is 0.508 e. The van der Waals surface area contributed by atoms with Crippen molar-refractivity contribution in [3.05, 3.63) is 54.3 Å². The number of hydrogen-bond acceptors (Lipinski definition) is 4. The molecule has 6 nitrogen and oxygen atoms in total. The van der Waals surface area contributed by atoms with Crippen molar-refractivity contribution >= 4 is 21.6 Å². The molecule has 3 N–H and O–H groups in total. The zero-order valence-electron chi connectivity index (χ0n) is 12.0. The van der Waals surface area contributed by atoms with Gasteiger partial charge in [0.2, 0.25) is 15.9 Å². The minimum Gasteiger partial charge on any atom is -0.508 e. The van der Waals surface area contributed by atoms with Crippen LogP contribution in [0.1, 0.15) is 6.42 Å². The third-order valence-corrected chi connectivity index (χ3v) is 4.37. The highest BCUT2D eigenvalue weighted by Gasteiger charge is 2.14. The normalized spacial score (nSPS) is 11.2. The minimum atomic E-state index is -3.79. The number of hydrogen-bond donors (Lipinski definition) is 3. The van der Waals surface area contributed by atoms with E-state index in [9.17, 15) is 22.7 Å². The third-order valence-electron chi connectivity index (χ3n) is 2.90. The summed E-state index contributed by atoms with van der Waals surface area (Å²) in [7, 11) is -3.79. The van der Waals surface area contributed by atoms with E-state index in [1.54, 1.807) is 12.1 Å². The molecule has 8 heteroatoms. The van der Waals surface area contributed by atoms with Gasteiger partial charge in [0.05, 0.1) is 4.90 Å². The van der Waals surface area contributed by atoms with Gasteiger partial charge in [-0.05, 0) is 36.4 Å². The van der Waals surface area contributed by atoms with Crippen LogP contribution >= 0.6 is 0 Å². The highest BCUT2D eigenvalue weighted by atomic mass is 32.2. The molecule has 0 aliphatic rings. The van der Waals surface area contributed by atoms with E-state index >= 15 is 0 Å². The second-order valence-corrected chi connectivity index (χ2v) is 6.47. The Morgan fingerprint density at radius 1 is 1.13 bits per heavy atom. The number of nitrogens with one attached hydrogen (secondary N) is 2. The fraction of sp³-hybridized carbons (Fsp3) is 0.133. The second-order valence-electron chi connectivity index (χ2n) is 4.70. The van der Waals surface area contributed by atoms with Crippen molar-refractivity contribution in [2.75, 3.05) is 11.9 Å². The molecule has 0 aliphatic carbocycles. The number of rotatable bonds is 6. The van der Waals surface area contributed by atoms with Gasteiger partial charge in [0, 0.05) is 24.7 Å². The molecular formula is C15H15FN2O4S. The van der Waals surface area contributed by atoms with Gasteiger partial charge in [0.1, 0.15) is 11.6 Å². The summed E-state index contributed by atoms with van der Waals surface area (Å²) >= 11 is 0. The molecule has 2 rings (SSSR count). The van der Waals surface area contributed by atoms with Crippen molar-refractivity contribution in [1.82, 2.24) is 4.72 Å². The van der Waals surface area contributed by atoms with Crippen LogP contribution in [0.25, 0.3) is 0 Å². The number of carbonyl (C=O) groups is 1. The van der Waals surface area contributed by atoms with E-state index in [1.165, 1.54) is 12.1 Å². The average molecular weight is 338 g/mol. The standard InChI is InChI=1S/C15H15FN2O4S/c16-11-4-6-14(7-5-11)23(21,22)17-9-8-15(20)18-12-2-1-3-13(19)10-12/h1-7,10,17,19H,8-9H2,(H,18,20). The summed E-state index contributed by atoms with van der Waals surface area (Å²) in [4.78, 5) is 11.6. The second kappa shape index (κ2) is 7.21. The quantitative estimate of drug-likeness (QED) is 0.749. The number of sulfonamides is 1. The van der Waals surface area contributed by atoms with Gasteiger partial charge in [0.15, 0.2) is 0 Å². The molecule has 0 spiro atoms. The van der Waals surface area contributed by atoms with Crippen molar-refractivity contribution in [3.63, 3.8) is 0 Å². The minimum absolute atomic E-state index is 0.0137. The number of benzene rings is 2. The predicted octanol–water partition coefficient (Wildman–Crippen LogP) is 1.84. The van der Waals surface area contributed by atoms with Crippen LogP contribution in [-0.4, -0.2) is 26.0 Å². The summed E-state index contributed by atoms with van der Waals surface area (Å²) in [5.41, 5.74) is 0.413. The molecule has 0 aromatic heterocycles. The van der Waals surface area contributed by atoms with Gasteiger partial charge >= 0.3 is 0 Å². The highest BCUT2D eigenvalue weighted by Crippen LogP contribution is 2.15. The lowest BCUT2D eigenvalue weighted by Gasteiger charge is -2.08. The number of carbonyl (C=O) groups excluding carboxylic acids is 1. The predicted molar refractivity (Wildman–Crippen MR) is 82.9 cm³/mol. The average Bonchev–Trinajstić information content (AvgIpc) is 2.47. The van der Waals surface area contributed by atoms with Gasteiger partial charge < -0.3 is 10.4 Å². The van der Waals surface area contributed by atoms with Gasteiger partial charge in [0.25, 0.3) is 0 Å². The number of halogens is 1. The summed E-state index contributed by atoms with van der Waals surface area (Å²) in [6.07, 6.45) is -0.0872. The first-order chi connectivity index (χ1) is 10.9. The molecule has 0 aliphatic heterocycles. The Labute approximate surface area is 133 Å². The maximum Gasteiger partial charge on any atom is 0.240 e. The number of phenolic OH excluding ortho intramolecular Hbond substituents is 1. The highest BCUT2D eigenvalue weighted by molar-refractivity contribution is 7.89. The molecule has 0 unspecified atom stereocenters. The Morgan fingerprint density at radius 3 is 2.48 bits per heavy atom. The van der Waals surface area contributed by atoms with Crippen molar-refractivity contribution in [1.29, 1.82) is 0 Å². The summed E-state index contributed by atoms with van der Waals surface area (Å²) in [5, 5.41) is 11.8. The molecule has 0 bridgehead atoms. The van der Waals surface area contributed by atoms with Crippen molar-refractivity contribution in [3.8, 4) is 5.75 Å². The number of phenols is 1. The maximum absolute atomic E-state index is 12.8. The molecule has 0 fully saturated rings. The molecule has 0 saturated heterocycles. The Bertz CT molecular complexity index is 791. The van der Waals surface area contributed by atoms with E-state index in [-0.39, 0.29) is 23.6 Å². The van der Waals surface area contributed by atoms with Crippen LogP contribution in [0, 0.1) is 5.82 Å². The van der Waals surface area contributed by atoms with Crippen LogP contribution in [0.3, 0.4) is 0 Å². The molecule has 2 aromatic rings. The molecule has 122 valence electrons. The molecule has 1 amide bonds. The first kappa shape index (κ1) is 16.9. The van der Waals surface area contributed by atoms with Gasteiger partial charge in [-0.15, -0.1) is 0 Å². The zero-order chi connectivity index (χ0) is 16.9. The molecule has 0 radical (unpaired) electrons. The lowest BCUT2D eigenvalue weighted by Crippen LogP contribution is -2.27. The van der Waals surface area contributed by atoms with E-state index in [0.29, 0.717) is 5.69 Å². The number of amides is 1. The van der Waals surface area contributed by atoms with Crippen LogP contribution in [-0.2, 0) is 14.8 Å². The Balaban J connectivity index is 1.86. The van der Waals surface area contributed by atoms with E-state index in [4.69, 9.17) is 0 Å². The van der Waals surface area contributed by atoms with Crippen LogP contribution in [0.5, 0.6) is 5.75 Å². The van der Waals surface area contributed by atoms with Gasteiger partial charge in [-0.3, -0.25) is 4.79 Å². The maximum atomic E-state index is 12.8. The number of aromatic hydroxyl groups is 1. The van der Waals surface area contributed by atoms with E-state index in [0.717, 1.165) is 24.3 Å². The van der Waals surface area contributed by atoms with Gasteiger partial charge in [-0.1, -0.05) is 6.07 Å². The molecule has 0 atom stereocenters. The third kappa shape index (κ3) is 5.04. The van der Waals surface area contributed by atoms with Crippen molar-refractivity contribution in [2.45, 2.75) is 11.3 Å². The number of anilines is 1. The van der Waals surface area contributed by atoms with Gasteiger partial charge in [-0.2, -0.15) is 0 Å². The lowest BCUT2D eigenvalue weighted by molar-refractivity contribution is -0.116. The molecule has 0 saturated carbocycles. The van der Waals surface area contributed by atoms with E-state index < -0.39 is 21.7 Å². The van der Waals surface area contributed by atoms with Crippen molar-refractivity contribution in [2.24, 2.45) is 0 Å². The smallest absolute Gasteiger partial charge is 0.240 e. The fourth-order valence-electron chi connectivity index (χ4n) is 1.80. The SMILES string of the molecule is O=C(CCNS(=O)(=O)c1ccc(F)cc1)Nc1cccc(O)c1. The lowest BCUT2D eigenvalue weighted by atomic mass is 10.3. The van der Waals surface area contributed by atoms with E-state index in [1.807, 2.05) is 0 Å². The van der Waals surface area contributed by atoms with Crippen LogP contribution in [0.4, 0.5) is 10.1 Å². The van der Waals surface area contributed by atoms with Gasteiger partial charge in [-0.25, -0.2) is 17.5 Å². The Hall–Kier alpha value is -2.45. The first-order valence-electron chi connectivity index (χ1n) is 6.71. The Morgan fingerprint density at radius 2 is 1.83 bits per heavy atom. The first-order valence-corrected chi connectivity index (χ1v) is 8.19. The van der Waals surface area contributed by atoms with Crippen molar-refractivity contribution < 1.29 is 22.7 Å².